The molecule has 154 valence electrons. The Balaban J connectivity index is 1.32. The molecule has 4 rings (SSSR count). The van der Waals surface area contributed by atoms with E-state index < -0.39 is 0 Å². The second-order valence-corrected chi connectivity index (χ2v) is 7.73. The maximum atomic E-state index is 13.1. The van der Waals surface area contributed by atoms with Crippen LogP contribution >= 0.6 is 11.6 Å². The van der Waals surface area contributed by atoms with Crippen molar-refractivity contribution in [2.45, 2.75) is 6.54 Å². The van der Waals surface area contributed by atoms with Gasteiger partial charge in [-0.3, -0.25) is 14.5 Å². The molecule has 1 fully saturated rings. The molecule has 0 saturated carbocycles. The van der Waals surface area contributed by atoms with E-state index in [4.69, 9.17) is 11.6 Å². The van der Waals surface area contributed by atoms with Gasteiger partial charge in [0, 0.05) is 38.1 Å². The van der Waals surface area contributed by atoms with Crippen LogP contribution < -0.4 is 5.32 Å². The third kappa shape index (κ3) is 4.78. The smallest absolute Gasteiger partial charge is 0.254 e. The zero-order valence-corrected chi connectivity index (χ0v) is 17.3. The summed E-state index contributed by atoms with van der Waals surface area (Å²) in [6.45, 7) is 3.30. The first-order chi connectivity index (χ1) is 14.6. The molecule has 7 heteroatoms. The van der Waals surface area contributed by atoms with E-state index in [2.05, 4.69) is 15.2 Å². The van der Waals surface area contributed by atoms with Gasteiger partial charge in [-0.15, -0.1) is 0 Å². The van der Waals surface area contributed by atoms with Gasteiger partial charge in [0.25, 0.3) is 5.91 Å². The lowest BCUT2D eigenvalue weighted by Crippen LogP contribution is -2.51. The van der Waals surface area contributed by atoms with Crippen molar-refractivity contribution < 1.29 is 9.59 Å². The van der Waals surface area contributed by atoms with Crippen molar-refractivity contribution in [2.75, 3.05) is 32.7 Å². The summed E-state index contributed by atoms with van der Waals surface area (Å²) in [6.07, 6.45) is 0. The van der Waals surface area contributed by atoms with Crippen LogP contribution in [-0.4, -0.2) is 59.3 Å². The average Bonchev–Trinajstić information content (AvgIpc) is 2.78. The number of pyridine rings is 1. The Labute approximate surface area is 180 Å². The minimum Gasteiger partial charge on any atom is -0.351 e. The number of rotatable bonds is 5. The number of benzene rings is 2. The van der Waals surface area contributed by atoms with Gasteiger partial charge in [0.1, 0.15) is 5.15 Å². The molecule has 0 bridgehead atoms. The molecule has 0 radical (unpaired) electrons. The van der Waals surface area contributed by atoms with Gasteiger partial charge < -0.3 is 10.2 Å². The van der Waals surface area contributed by atoms with E-state index in [-0.39, 0.29) is 11.8 Å². The molecule has 2 aromatic carbocycles. The van der Waals surface area contributed by atoms with Gasteiger partial charge in [-0.25, -0.2) is 4.98 Å². The van der Waals surface area contributed by atoms with Crippen LogP contribution in [0.4, 0.5) is 0 Å². The topological polar surface area (TPSA) is 65.5 Å². The summed E-state index contributed by atoms with van der Waals surface area (Å²) < 4.78 is 0. The molecule has 2 amide bonds. The fraction of sp³-hybridized carbons (Fsp3) is 0.261. The molecule has 1 aliphatic heterocycles. The second kappa shape index (κ2) is 9.24. The zero-order chi connectivity index (χ0) is 20.9. The monoisotopic (exact) mass is 422 g/mol. The highest BCUT2D eigenvalue weighted by Crippen LogP contribution is 2.22. The van der Waals surface area contributed by atoms with Crippen molar-refractivity contribution in [3.8, 4) is 0 Å². The first kappa shape index (κ1) is 20.3. The van der Waals surface area contributed by atoms with Gasteiger partial charge in [-0.05, 0) is 17.7 Å². The van der Waals surface area contributed by atoms with Gasteiger partial charge in [0.15, 0.2) is 0 Å². The number of halogens is 1. The maximum Gasteiger partial charge on any atom is 0.254 e. The van der Waals surface area contributed by atoms with Crippen LogP contribution in [0.2, 0.25) is 5.15 Å². The van der Waals surface area contributed by atoms with E-state index in [1.54, 1.807) is 6.07 Å². The summed E-state index contributed by atoms with van der Waals surface area (Å²) in [5.41, 5.74) is 2.35. The van der Waals surface area contributed by atoms with Crippen LogP contribution in [0.3, 0.4) is 0 Å². The Morgan fingerprint density at radius 3 is 2.43 bits per heavy atom. The Morgan fingerprint density at radius 1 is 0.967 bits per heavy atom. The van der Waals surface area contributed by atoms with Crippen molar-refractivity contribution in [3.05, 3.63) is 76.9 Å². The number of hydrogen-bond acceptors (Lipinski definition) is 4. The molecule has 2 heterocycles. The number of nitrogens with one attached hydrogen (secondary N) is 1. The van der Waals surface area contributed by atoms with Crippen molar-refractivity contribution in [1.29, 1.82) is 0 Å². The molecule has 1 N–H and O–H groups in total. The molecular formula is C23H23ClN4O2. The van der Waals surface area contributed by atoms with Gasteiger partial charge in [0.2, 0.25) is 5.91 Å². The van der Waals surface area contributed by atoms with E-state index in [1.165, 1.54) is 0 Å². The standard InChI is InChI=1S/C23H23ClN4O2/c24-21-14-19(18-8-4-5-9-20(18)26-21)23(30)28-12-10-27(11-13-28)16-22(29)25-15-17-6-2-1-3-7-17/h1-9,14H,10-13,15-16H2,(H,25,29). The molecule has 1 saturated heterocycles. The van der Waals surface area contributed by atoms with Crippen LogP contribution in [0, 0.1) is 0 Å². The van der Waals surface area contributed by atoms with Gasteiger partial charge >= 0.3 is 0 Å². The highest BCUT2D eigenvalue weighted by Gasteiger charge is 2.25. The summed E-state index contributed by atoms with van der Waals surface area (Å²) in [5.74, 6) is -0.0609. The lowest BCUT2D eigenvalue weighted by Gasteiger charge is -2.34. The number of aromatic nitrogens is 1. The number of piperazine rings is 1. The molecule has 1 aliphatic rings. The van der Waals surface area contributed by atoms with Crippen molar-refractivity contribution in [3.63, 3.8) is 0 Å². The van der Waals surface area contributed by atoms with Crippen LogP contribution in [0.1, 0.15) is 15.9 Å². The molecule has 6 nitrogen and oxygen atoms in total. The predicted octanol–water partition coefficient (Wildman–Crippen LogP) is 2.96. The lowest BCUT2D eigenvalue weighted by molar-refractivity contribution is -0.122. The Hall–Kier alpha value is -2.96. The summed E-state index contributed by atoms with van der Waals surface area (Å²) in [7, 11) is 0. The Morgan fingerprint density at radius 2 is 1.67 bits per heavy atom. The minimum atomic E-state index is -0.0521. The average molecular weight is 423 g/mol. The Bertz CT molecular complexity index is 1050. The fourth-order valence-corrected chi connectivity index (χ4v) is 3.86. The molecule has 0 atom stereocenters. The quantitative estimate of drug-likeness (QED) is 0.642. The molecule has 0 unspecified atom stereocenters. The first-order valence-electron chi connectivity index (χ1n) is 9.98. The zero-order valence-electron chi connectivity index (χ0n) is 16.6. The largest absolute Gasteiger partial charge is 0.351 e. The first-order valence-corrected chi connectivity index (χ1v) is 10.4. The normalized spacial score (nSPS) is 14.6. The highest BCUT2D eigenvalue weighted by atomic mass is 35.5. The van der Waals surface area contributed by atoms with Crippen LogP contribution in [-0.2, 0) is 11.3 Å². The van der Waals surface area contributed by atoms with Crippen molar-refractivity contribution in [1.82, 2.24) is 20.1 Å². The van der Waals surface area contributed by atoms with E-state index in [9.17, 15) is 9.59 Å². The van der Waals surface area contributed by atoms with Crippen LogP contribution in [0.25, 0.3) is 10.9 Å². The van der Waals surface area contributed by atoms with Crippen molar-refractivity contribution >= 4 is 34.3 Å². The van der Waals surface area contributed by atoms with E-state index in [0.29, 0.717) is 55.5 Å². The SMILES string of the molecule is O=C(CN1CCN(C(=O)c2cc(Cl)nc3ccccc23)CC1)NCc1ccccc1. The van der Waals surface area contributed by atoms with Crippen LogP contribution in [0.15, 0.2) is 60.7 Å². The van der Waals surface area contributed by atoms with E-state index in [1.807, 2.05) is 59.5 Å². The molecule has 3 aromatic rings. The molecule has 0 spiro atoms. The highest BCUT2D eigenvalue weighted by molar-refractivity contribution is 6.30. The number of nitrogens with zero attached hydrogens (tertiary/aromatic N) is 3. The molecule has 30 heavy (non-hydrogen) atoms. The van der Waals surface area contributed by atoms with Crippen molar-refractivity contribution in [2.24, 2.45) is 0 Å². The number of carbonyl (C=O) groups excluding carboxylic acids is 2. The minimum absolute atomic E-state index is 0.00876. The number of hydrogen-bond donors (Lipinski definition) is 1. The summed E-state index contributed by atoms with van der Waals surface area (Å²) in [5, 5.41) is 4.06. The second-order valence-electron chi connectivity index (χ2n) is 7.34. The third-order valence-corrected chi connectivity index (χ3v) is 5.47. The maximum absolute atomic E-state index is 13.1. The number of para-hydroxylation sites is 1. The Kier molecular flexibility index (Phi) is 6.26. The number of fused-ring (bicyclic) bond motifs is 1. The molecule has 0 aliphatic carbocycles. The summed E-state index contributed by atoms with van der Waals surface area (Å²) in [4.78, 5) is 33.5. The van der Waals surface area contributed by atoms with E-state index in [0.717, 1.165) is 10.9 Å². The fourth-order valence-electron chi connectivity index (χ4n) is 3.65. The number of carbonyl (C=O) groups is 2. The van der Waals surface area contributed by atoms with Gasteiger partial charge in [-0.2, -0.15) is 0 Å². The van der Waals surface area contributed by atoms with Crippen LogP contribution in [0.5, 0.6) is 0 Å². The summed E-state index contributed by atoms with van der Waals surface area (Å²) in [6, 6.07) is 19.0. The lowest BCUT2D eigenvalue weighted by atomic mass is 10.1. The molecule has 1 aromatic heterocycles. The van der Waals surface area contributed by atoms with E-state index >= 15 is 0 Å². The predicted molar refractivity (Wildman–Crippen MR) is 117 cm³/mol. The van der Waals surface area contributed by atoms with Gasteiger partial charge in [-0.1, -0.05) is 60.1 Å². The molecular weight excluding hydrogens is 400 g/mol. The third-order valence-electron chi connectivity index (χ3n) is 5.27. The summed E-state index contributed by atoms with van der Waals surface area (Å²) >= 11 is 6.13. The van der Waals surface area contributed by atoms with Gasteiger partial charge in [0.05, 0.1) is 17.6 Å². The number of amides is 2.